The lowest BCUT2D eigenvalue weighted by Crippen LogP contribution is -1.98. The summed E-state index contributed by atoms with van der Waals surface area (Å²) in [6.45, 7) is 11.6. The molecule has 1 aromatic carbocycles. The second-order valence-corrected chi connectivity index (χ2v) is 4.51. The number of hydrogen-bond donors (Lipinski definition) is 0. The summed E-state index contributed by atoms with van der Waals surface area (Å²) in [4.78, 5) is 4.41. The van der Waals surface area contributed by atoms with Crippen LogP contribution in [0.3, 0.4) is 0 Å². The quantitative estimate of drug-likeness (QED) is 0.436. The van der Waals surface area contributed by atoms with Crippen molar-refractivity contribution in [1.29, 1.82) is 0 Å². The van der Waals surface area contributed by atoms with Crippen LogP contribution in [-0.2, 0) is 0 Å². The molecule has 0 atom stereocenters. The summed E-state index contributed by atoms with van der Waals surface area (Å²) < 4.78 is 0. The van der Waals surface area contributed by atoms with E-state index in [9.17, 15) is 0 Å². The van der Waals surface area contributed by atoms with Gasteiger partial charge in [-0.2, -0.15) is 0 Å². The molecule has 0 heterocycles. The van der Waals surface area contributed by atoms with Crippen molar-refractivity contribution >= 4 is 11.3 Å². The van der Waals surface area contributed by atoms with Gasteiger partial charge in [0.05, 0.1) is 5.71 Å². The summed E-state index contributed by atoms with van der Waals surface area (Å²) in [5.41, 5.74) is 4.01. The maximum absolute atomic E-state index is 4.41. The molecule has 1 rings (SSSR count). The van der Waals surface area contributed by atoms with Gasteiger partial charge in [0, 0.05) is 6.20 Å². The van der Waals surface area contributed by atoms with Crippen LogP contribution in [0.4, 0.5) is 0 Å². The van der Waals surface area contributed by atoms with Crippen molar-refractivity contribution in [2.75, 3.05) is 0 Å². The molecule has 0 saturated carbocycles. The third-order valence-electron chi connectivity index (χ3n) is 2.96. The van der Waals surface area contributed by atoms with Gasteiger partial charge >= 0.3 is 0 Å². The average molecular weight is 289 g/mol. The Morgan fingerprint density at radius 1 is 1.05 bits per heavy atom. The third kappa shape index (κ3) is 5.37. The van der Waals surface area contributed by atoms with Crippen LogP contribution >= 0.6 is 0 Å². The van der Waals surface area contributed by atoms with Gasteiger partial charge in [0.25, 0.3) is 0 Å². The van der Waals surface area contributed by atoms with E-state index in [-0.39, 0.29) is 0 Å². The number of aliphatic imine (C=N–C) groups is 1. The molecule has 1 heteroatoms. The Morgan fingerprint density at radius 3 is 2.32 bits per heavy atom. The number of allylic oxidation sites excluding steroid dienone is 9. The summed E-state index contributed by atoms with van der Waals surface area (Å²) in [7, 11) is 0. The van der Waals surface area contributed by atoms with E-state index < -0.39 is 0 Å². The first-order chi connectivity index (χ1) is 10.8. The fourth-order valence-corrected chi connectivity index (χ4v) is 1.94. The number of benzene rings is 1. The highest BCUT2D eigenvalue weighted by Gasteiger charge is 2.03. The predicted octanol–water partition coefficient (Wildman–Crippen LogP) is 5.92. The lowest BCUT2D eigenvalue weighted by Gasteiger charge is -2.06. The first-order valence-electron chi connectivity index (χ1n) is 7.31. The van der Waals surface area contributed by atoms with Gasteiger partial charge in [-0.3, -0.25) is 4.99 Å². The minimum absolute atomic E-state index is 0.852. The zero-order valence-electron chi connectivity index (χ0n) is 13.4. The van der Waals surface area contributed by atoms with E-state index in [4.69, 9.17) is 0 Å². The van der Waals surface area contributed by atoms with Crippen LogP contribution < -0.4 is 0 Å². The maximum Gasteiger partial charge on any atom is 0.0707 e. The Balaban J connectivity index is 3.35. The smallest absolute Gasteiger partial charge is 0.0707 e. The number of nitrogens with zero attached hydrogens (tertiary/aromatic N) is 1. The van der Waals surface area contributed by atoms with Crippen LogP contribution in [0.25, 0.3) is 5.57 Å². The second kappa shape index (κ2) is 10.1. The van der Waals surface area contributed by atoms with Gasteiger partial charge < -0.3 is 0 Å². The predicted molar refractivity (Wildman–Crippen MR) is 100.0 cm³/mol. The summed E-state index contributed by atoms with van der Waals surface area (Å²) in [6.07, 6.45) is 15.5. The monoisotopic (exact) mass is 289 g/mol. The molecule has 0 bridgehead atoms. The molecule has 0 radical (unpaired) electrons. The molecular formula is C21H23N. The number of rotatable bonds is 7. The Hall–Kier alpha value is -2.67. The molecule has 0 aliphatic heterocycles. The highest BCUT2D eigenvalue weighted by atomic mass is 14.7. The van der Waals surface area contributed by atoms with Crippen LogP contribution in [0.15, 0.2) is 103 Å². The molecule has 112 valence electrons. The van der Waals surface area contributed by atoms with Crippen LogP contribution in [0.5, 0.6) is 0 Å². The molecule has 0 aliphatic rings. The fraction of sp³-hybridized carbons (Fsp3) is 0.0952. The average Bonchev–Trinajstić information content (AvgIpc) is 2.56. The van der Waals surface area contributed by atoms with E-state index in [0.29, 0.717) is 0 Å². The lowest BCUT2D eigenvalue weighted by molar-refractivity contribution is 1.54. The fourth-order valence-electron chi connectivity index (χ4n) is 1.94. The molecular weight excluding hydrogens is 266 g/mol. The molecule has 0 amide bonds. The minimum Gasteiger partial charge on any atom is -0.257 e. The molecule has 0 aliphatic carbocycles. The Labute approximate surface area is 134 Å². The van der Waals surface area contributed by atoms with Crippen molar-refractivity contribution in [3.63, 3.8) is 0 Å². The standard InChI is InChI=1S/C21H23N/c1-5-9-14-20(13-6-2)21(22-8-4)17-18(7-3)19-15-11-10-12-16-19/h5-17H,3-4H2,1-2H3/b9-5-,13-6-,18-17+,20-14+,22-21+. The zero-order valence-corrected chi connectivity index (χ0v) is 13.4. The second-order valence-electron chi connectivity index (χ2n) is 4.51. The van der Waals surface area contributed by atoms with Crippen LogP contribution in [0.1, 0.15) is 19.4 Å². The van der Waals surface area contributed by atoms with Crippen LogP contribution in [-0.4, -0.2) is 5.71 Å². The van der Waals surface area contributed by atoms with E-state index in [1.807, 2.05) is 74.6 Å². The van der Waals surface area contributed by atoms with Crippen molar-refractivity contribution in [2.24, 2.45) is 4.99 Å². The number of hydrogen-bond acceptors (Lipinski definition) is 1. The van der Waals surface area contributed by atoms with E-state index >= 15 is 0 Å². The van der Waals surface area contributed by atoms with E-state index in [0.717, 1.165) is 22.4 Å². The van der Waals surface area contributed by atoms with Crippen molar-refractivity contribution in [3.8, 4) is 0 Å². The molecule has 0 spiro atoms. The van der Waals surface area contributed by atoms with Crippen molar-refractivity contribution in [3.05, 3.63) is 103 Å². The molecule has 0 unspecified atom stereocenters. The summed E-state index contributed by atoms with van der Waals surface area (Å²) in [5.74, 6) is 0. The van der Waals surface area contributed by atoms with Crippen LogP contribution in [0.2, 0.25) is 0 Å². The first-order valence-corrected chi connectivity index (χ1v) is 7.31. The Bertz CT molecular complexity index is 638. The van der Waals surface area contributed by atoms with E-state index in [2.05, 4.69) is 30.3 Å². The van der Waals surface area contributed by atoms with Gasteiger partial charge in [0.15, 0.2) is 0 Å². The molecule has 0 fully saturated rings. The third-order valence-corrected chi connectivity index (χ3v) is 2.96. The van der Waals surface area contributed by atoms with Gasteiger partial charge in [-0.15, -0.1) is 0 Å². The van der Waals surface area contributed by atoms with E-state index in [1.54, 1.807) is 6.20 Å². The van der Waals surface area contributed by atoms with E-state index in [1.165, 1.54) is 0 Å². The summed E-state index contributed by atoms with van der Waals surface area (Å²) >= 11 is 0. The molecule has 1 aromatic rings. The van der Waals surface area contributed by atoms with Gasteiger partial charge in [0.1, 0.15) is 0 Å². The minimum atomic E-state index is 0.852. The Morgan fingerprint density at radius 2 is 1.77 bits per heavy atom. The van der Waals surface area contributed by atoms with Gasteiger partial charge in [-0.05, 0) is 36.6 Å². The largest absolute Gasteiger partial charge is 0.257 e. The zero-order chi connectivity index (χ0) is 16.2. The maximum atomic E-state index is 4.41. The van der Waals surface area contributed by atoms with Crippen LogP contribution in [0, 0.1) is 0 Å². The topological polar surface area (TPSA) is 12.4 Å². The SMILES string of the molecule is C=C/N=C(\C=C(/C=C)c1ccccc1)C(/C=C\C)=C/C=C\C. The lowest BCUT2D eigenvalue weighted by atomic mass is 10.0. The first kappa shape index (κ1) is 17.4. The Kier molecular flexibility index (Phi) is 7.99. The molecule has 0 N–H and O–H groups in total. The van der Waals surface area contributed by atoms with Gasteiger partial charge in [-0.25, -0.2) is 0 Å². The molecule has 0 saturated heterocycles. The highest BCUT2D eigenvalue weighted by molar-refractivity contribution is 6.14. The normalized spacial score (nSPS) is 13.8. The van der Waals surface area contributed by atoms with Crippen molar-refractivity contribution < 1.29 is 0 Å². The van der Waals surface area contributed by atoms with Crippen molar-refractivity contribution in [1.82, 2.24) is 0 Å². The molecule has 22 heavy (non-hydrogen) atoms. The molecule has 0 aromatic heterocycles. The summed E-state index contributed by atoms with van der Waals surface area (Å²) in [6, 6.07) is 10.1. The summed E-state index contributed by atoms with van der Waals surface area (Å²) in [5, 5.41) is 0. The van der Waals surface area contributed by atoms with Gasteiger partial charge in [-0.1, -0.05) is 79.9 Å². The van der Waals surface area contributed by atoms with Crippen molar-refractivity contribution in [2.45, 2.75) is 13.8 Å². The highest BCUT2D eigenvalue weighted by Crippen LogP contribution is 2.17. The molecule has 1 nitrogen and oxygen atoms in total. The van der Waals surface area contributed by atoms with Gasteiger partial charge in [0.2, 0.25) is 0 Å².